The molecule has 0 fully saturated rings. The van der Waals surface area contributed by atoms with Gasteiger partial charge in [0.2, 0.25) is 0 Å². The standard InChI is InChI=1S/C11H14N2/c1-2-3-4-10-5-6-11-12-7-8-13(11)9-10/h5-9H,2-4H2,1H3. The van der Waals surface area contributed by atoms with E-state index in [2.05, 4.69) is 34.6 Å². The fourth-order valence-electron chi connectivity index (χ4n) is 1.49. The van der Waals surface area contributed by atoms with Crippen LogP contribution < -0.4 is 0 Å². The van der Waals surface area contributed by atoms with Crippen LogP contribution in [0, 0.1) is 0 Å². The molecule has 2 heteroatoms. The summed E-state index contributed by atoms with van der Waals surface area (Å²) < 4.78 is 2.07. The molecule has 0 aliphatic rings. The summed E-state index contributed by atoms with van der Waals surface area (Å²) in [4.78, 5) is 4.20. The second kappa shape index (κ2) is 3.60. The van der Waals surface area contributed by atoms with E-state index in [9.17, 15) is 0 Å². The number of fused-ring (bicyclic) bond motifs is 1. The molecule has 2 rings (SSSR count). The van der Waals surface area contributed by atoms with Crippen LogP contribution in [0.25, 0.3) is 5.65 Å². The third-order valence-electron chi connectivity index (χ3n) is 2.27. The lowest BCUT2D eigenvalue weighted by Gasteiger charge is -2.00. The largest absolute Gasteiger partial charge is 0.307 e. The van der Waals surface area contributed by atoms with Crippen molar-refractivity contribution in [3.63, 3.8) is 0 Å². The summed E-state index contributed by atoms with van der Waals surface area (Å²) in [6.45, 7) is 2.22. The Morgan fingerprint density at radius 3 is 3.15 bits per heavy atom. The number of pyridine rings is 1. The topological polar surface area (TPSA) is 17.3 Å². The lowest BCUT2D eigenvalue weighted by atomic mass is 10.1. The Balaban J connectivity index is 2.26. The molecule has 0 radical (unpaired) electrons. The van der Waals surface area contributed by atoms with Crippen molar-refractivity contribution in [3.05, 3.63) is 36.3 Å². The van der Waals surface area contributed by atoms with Gasteiger partial charge in [-0.3, -0.25) is 0 Å². The Kier molecular flexibility index (Phi) is 2.30. The summed E-state index contributed by atoms with van der Waals surface area (Å²) >= 11 is 0. The maximum Gasteiger partial charge on any atom is 0.136 e. The van der Waals surface area contributed by atoms with E-state index in [0.29, 0.717) is 0 Å². The molecule has 13 heavy (non-hydrogen) atoms. The second-order valence-electron chi connectivity index (χ2n) is 3.33. The molecule has 0 unspecified atom stereocenters. The molecule has 0 atom stereocenters. The lowest BCUT2D eigenvalue weighted by Crippen LogP contribution is -1.89. The number of unbranched alkanes of at least 4 members (excludes halogenated alkanes) is 1. The molecule has 0 saturated carbocycles. The maximum absolute atomic E-state index is 4.20. The van der Waals surface area contributed by atoms with E-state index < -0.39 is 0 Å². The van der Waals surface area contributed by atoms with E-state index in [-0.39, 0.29) is 0 Å². The van der Waals surface area contributed by atoms with Crippen molar-refractivity contribution in [1.29, 1.82) is 0 Å². The van der Waals surface area contributed by atoms with Crippen LogP contribution in [0.15, 0.2) is 30.7 Å². The van der Waals surface area contributed by atoms with Gasteiger partial charge in [-0.1, -0.05) is 19.4 Å². The molecule has 0 amide bonds. The summed E-state index contributed by atoms with van der Waals surface area (Å²) in [6.07, 6.45) is 9.68. The summed E-state index contributed by atoms with van der Waals surface area (Å²) in [6, 6.07) is 4.24. The Labute approximate surface area is 78.2 Å². The molecule has 2 heterocycles. The van der Waals surface area contributed by atoms with Gasteiger partial charge in [-0.15, -0.1) is 0 Å². The molecule has 68 valence electrons. The summed E-state index contributed by atoms with van der Waals surface area (Å²) in [5, 5.41) is 0. The highest BCUT2D eigenvalue weighted by Crippen LogP contribution is 2.07. The Morgan fingerprint density at radius 1 is 1.38 bits per heavy atom. The van der Waals surface area contributed by atoms with Gasteiger partial charge in [-0.25, -0.2) is 4.98 Å². The van der Waals surface area contributed by atoms with E-state index in [1.807, 2.05) is 12.4 Å². The third-order valence-corrected chi connectivity index (χ3v) is 2.27. The highest BCUT2D eigenvalue weighted by molar-refractivity contribution is 5.39. The number of aryl methyl sites for hydroxylation is 1. The molecule has 0 aliphatic heterocycles. The van der Waals surface area contributed by atoms with Crippen molar-refractivity contribution < 1.29 is 0 Å². The van der Waals surface area contributed by atoms with E-state index in [0.717, 1.165) is 5.65 Å². The average Bonchev–Trinajstić information content (AvgIpc) is 2.61. The van der Waals surface area contributed by atoms with Crippen LogP contribution >= 0.6 is 0 Å². The van der Waals surface area contributed by atoms with E-state index in [1.165, 1.54) is 24.8 Å². The first-order valence-electron chi connectivity index (χ1n) is 4.82. The summed E-state index contributed by atoms with van der Waals surface area (Å²) in [7, 11) is 0. The molecule has 0 aromatic carbocycles. The zero-order chi connectivity index (χ0) is 9.10. The van der Waals surface area contributed by atoms with Crippen molar-refractivity contribution in [3.8, 4) is 0 Å². The van der Waals surface area contributed by atoms with Gasteiger partial charge < -0.3 is 4.40 Å². The van der Waals surface area contributed by atoms with Gasteiger partial charge >= 0.3 is 0 Å². The number of aromatic nitrogens is 2. The minimum Gasteiger partial charge on any atom is -0.307 e. The minimum absolute atomic E-state index is 1.03. The Bertz CT molecular complexity index is 390. The molecule has 0 bridgehead atoms. The van der Waals surface area contributed by atoms with E-state index >= 15 is 0 Å². The second-order valence-corrected chi connectivity index (χ2v) is 3.33. The van der Waals surface area contributed by atoms with Crippen molar-refractivity contribution >= 4 is 5.65 Å². The van der Waals surface area contributed by atoms with Crippen molar-refractivity contribution in [2.24, 2.45) is 0 Å². The highest BCUT2D eigenvalue weighted by Gasteiger charge is 1.95. The van der Waals surface area contributed by atoms with Gasteiger partial charge in [0, 0.05) is 18.6 Å². The highest BCUT2D eigenvalue weighted by atomic mass is 15.0. The molecular formula is C11H14N2. The molecule has 0 aliphatic carbocycles. The Morgan fingerprint density at radius 2 is 2.31 bits per heavy atom. The number of nitrogens with zero attached hydrogens (tertiary/aromatic N) is 2. The van der Waals surface area contributed by atoms with Gasteiger partial charge in [-0.2, -0.15) is 0 Å². The fraction of sp³-hybridized carbons (Fsp3) is 0.364. The van der Waals surface area contributed by atoms with Crippen LogP contribution in [0.5, 0.6) is 0 Å². The van der Waals surface area contributed by atoms with Gasteiger partial charge in [0.25, 0.3) is 0 Å². The summed E-state index contributed by atoms with van der Waals surface area (Å²) in [5.41, 5.74) is 2.42. The molecular weight excluding hydrogens is 160 g/mol. The maximum atomic E-state index is 4.20. The van der Waals surface area contributed by atoms with Gasteiger partial charge in [0.15, 0.2) is 0 Å². The molecule has 2 nitrogen and oxygen atoms in total. The van der Waals surface area contributed by atoms with Gasteiger partial charge in [0.1, 0.15) is 5.65 Å². The molecule has 0 saturated heterocycles. The van der Waals surface area contributed by atoms with E-state index in [1.54, 1.807) is 0 Å². The monoisotopic (exact) mass is 174 g/mol. The average molecular weight is 174 g/mol. The molecule has 2 aromatic heterocycles. The number of imidazole rings is 1. The first-order valence-corrected chi connectivity index (χ1v) is 4.82. The van der Waals surface area contributed by atoms with Gasteiger partial charge in [0.05, 0.1) is 0 Å². The van der Waals surface area contributed by atoms with Crippen LogP contribution in [0.2, 0.25) is 0 Å². The zero-order valence-corrected chi connectivity index (χ0v) is 7.90. The van der Waals surface area contributed by atoms with Crippen LogP contribution in [0.4, 0.5) is 0 Å². The molecule has 0 spiro atoms. The predicted molar refractivity (Wildman–Crippen MR) is 53.8 cm³/mol. The first-order chi connectivity index (χ1) is 6.40. The third kappa shape index (κ3) is 1.72. The van der Waals surface area contributed by atoms with Gasteiger partial charge in [-0.05, 0) is 24.5 Å². The normalized spacial score (nSPS) is 10.8. The minimum atomic E-state index is 1.03. The van der Waals surface area contributed by atoms with E-state index in [4.69, 9.17) is 0 Å². The zero-order valence-electron chi connectivity index (χ0n) is 7.90. The van der Waals surface area contributed by atoms with Crippen molar-refractivity contribution in [2.45, 2.75) is 26.2 Å². The SMILES string of the molecule is CCCCc1ccc2nccn2c1. The fourth-order valence-corrected chi connectivity index (χ4v) is 1.49. The van der Waals surface area contributed by atoms with Crippen molar-refractivity contribution in [1.82, 2.24) is 9.38 Å². The van der Waals surface area contributed by atoms with Crippen LogP contribution in [0.1, 0.15) is 25.3 Å². The summed E-state index contributed by atoms with van der Waals surface area (Å²) in [5.74, 6) is 0. The lowest BCUT2D eigenvalue weighted by molar-refractivity contribution is 0.791. The van der Waals surface area contributed by atoms with Crippen LogP contribution in [-0.4, -0.2) is 9.38 Å². The molecule has 0 N–H and O–H groups in total. The number of rotatable bonds is 3. The van der Waals surface area contributed by atoms with Crippen LogP contribution in [-0.2, 0) is 6.42 Å². The molecule has 2 aromatic rings. The quantitative estimate of drug-likeness (QED) is 0.699. The number of hydrogen-bond donors (Lipinski definition) is 0. The van der Waals surface area contributed by atoms with Crippen LogP contribution in [0.3, 0.4) is 0 Å². The Hall–Kier alpha value is -1.31. The first kappa shape index (κ1) is 8.30. The van der Waals surface area contributed by atoms with Crippen molar-refractivity contribution in [2.75, 3.05) is 0 Å². The smallest absolute Gasteiger partial charge is 0.136 e. The number of hydrogen-bond acceptors (Lipinski definition) is 1. The predicted octanol–water partition coefficient (Wildman–Crippen LogP) is 2.68.